The molecular formula is C20H26N4O. The van der Waals surface area contributed by atoms with Gasteiger partial charge in [0.15, 0.2) is 0 Å². The number of nitriles is 1. The number of benzene rings is 1. The Morgan fingerprint density at radius 3 is 2.68 bits per heavy atom. The minimum Gasteiger partial charge on any atom is -0.306 e. The fourth-order valence-electron chi connectivity index (χ4n) is 4.80. The fraction of sp³-hybridized carbons (Fsp3) is 0.600. The third-order valence-corrected chi connectivity index (χ3v) is 6.14. The molecule has 1 saturated carbocycles. The minimum atomic E-state index is -0.0465. The van der Waals surface area contributed by atoms with Crippen LogP contribution in [0.2, 0.25) is 0 Å². The molecule has 2 unspecified atom stereocenters. The first-order valence-electron chi connectivity index (χ1n) is 9.54. The average molecular weight is 338 g/mol. The van der Waals surface area contributed by atoms with Crippen LogP contribution in [0.5, 0.6) is 0 Å². The first-order chi connectivity index (χ1) is 12.2. The van der Waals surface area contributed by atoms with Gasteiger partial charge in [0, 0.05) is 25.2 Å². The molecule has 1 aliphatic heterocycles. The van der Waals surface area contributed by atoms with Crippen molar-refractivity contribution in [3.05, 3.63) is 34.2 Å². The molecule has 2 atom stereocenters. The van der Waals surface area contributed by atoms with Gasteiger partial charge in [-0.25, -0.2) is 4.79 Å². The highest BCUT2D eigenvalue weighted by molar-refractivity contribution is 5.77. The lowest BCUT2D eigenvalue weighted by molar-refractivity contribution is 0.0948. The number of rotatable bonds is 2. The van der Waals surface area contributed by atoms with Crippen LogP contribution in [0.15, 0.2) is 23.0 Å². The molecule has 1 saturated heterocycles. The predicted molar refractivity (Wildman–Crippen MR) is 98.5 cm³/mol. The lowest BCUT2D eigenvalue weighted by Gasteiger charge is -2.41. The number of nitrogens with one attached hydrogen (secondary N) is 1. The van der Waals surface area contributed by atoms with Crippen molar-refractivity contribution >= 4 is 11.0 Å². The number of hydrogen-bond donors (Lipinski definition) is 1. The average Bonchev–Trinajstić information content (AvgIpc) is 2.96. The molecule has 0 radical (unpaired) electrons. The van der Waals surface area contributed by atoms with E-state index in [-0.39, 0.29) is 11.7 Å². The summed E-state index contributed by atoms with van der Waals surface area (Å²) in [6, 6.07) is 8.57. The maximum absolute atomic E-state index is 12.5. The topological polar surface area (TPSA) is 64.8 Å². The summed E-state index contributed by atoms with van der Waals surface area (Å²) in [7, 11) is 0. The normalized spacial score (nSPS) is 25.9. The molecule has 2 aromatic rings. The van der Waals surface area contributed by atoms with Gasteiger partial charge in [0.2, 0.25) is 0 Å². The summed E-state index contributed by atoms with van der Waals surface area (Å²) >= 11 is 0. The second kappa shape index (κ2) is 6.68. The first-order valence-corrected chi connectivity index (χ1v) is 9.54. The molecule has 1 aliphatic carbocycles. The summed E-state index contributed by atoms with van der Waals surface area (Å²) in [5.41, 5.74) is 2.25. The van der Waals surface area contributed by atoms with Crippen molar-refractivity contribution in [1.29, 1.82) is 5.26 Å². The van der Waals surface area contributed by atoms with Crippen LogP contribution < -0.4 is 5.69 Å². The van der Waals surface area contributed by atoms with E-state index in [0.717, 1.165) is 48.9 Å². The number of H-pyrrole nitrogens is 1. The zero-order chi connectivity index (χ0) is 17.4. The van der Waals surface area contributed by atoms with E-state index in [1.54, 1.807) is 6.07 Å². The van der Waals surface area contributed by atoms with E-state index >= 15 is 0 Å². The zero-order valence-electron chi connectivity index (χ0n) is 14.9. The van der Waals surface area contributed by atoms with Crippen molar-refractivity contribution in [2.24, 2.45) is 5.92 Å². The van der Waals surface area contributed by atoms with E-state index in [1.807, 2.05) is 16.7 Å². The molecule has 5 nitrogen and oxygen atoms in total. The zero-order valence-corrected chi connectivity index (χ0v) is 14.9. The molecule has 1 aromatic heterocycles. The molecule has 1 N–H and O–H groups in total. The van der Waals surface area contributed by atoms with Gasteiger partial charge in [-0.05, 0) is 49.8 Å². The molecule has 0 bridgehead atoms. The smallest absolute Gasteiger partial charge is 0.306 e. The molecular weight excluding hydrogens is 312 g/mol. The monoisotopic (exact) mass is 338 g/mol. The summed E-state index contributed by atoms with van der Waals surface area (Å²) in [6.45, 7) is 4.51. The van der Waals surface area contributed by atoms with Crippen LogP contribution in [0.25, 0.3) is 11.0 Å². The van der Waals surface area contributed by atoms with Crippen molar-refractivity contribution in [2.45, 2.75) is 57.5 Å². The fourth-order valence-corrected chi connectivity index (χ4v) is 4.80. The van der Waals surface area contributed by atoms with Gasteiger partial charge in [0.1, 0.15) is 0 Å². The SMILES string of the molecule is CC1CCCC(N2CCC(n3c(=O)[nH]c4ccc(C#N)cc43)CC2)C1. The summed E-state index contributed by atoms with van der Waals surface area (Å²) in [5, 5.41) is 9.15. The van der Waals surface area contributed by atoms with Crippen molar-refractivity contribution in [1.82, 2.24) is 14.5 Å². The molecule has 25 heavy (non-hydrogen) atoms. The van der Waals surface area contributed by atoms with Gasteiger partial charge in [-0.2, -0.15) is 5.26 Å². The second-order valence-corrected chi connectivity index (χ2v) is 7.84. The van der Waals surface area contributed by atoms with Crippen molar-refractivity contribution in [3.8, 4) is 6.07 Å². The van der Waals surface area contributed by atoms with Crippen LogP contribution in [0, 0.1) is 17.2 Å². The standard InChI is InChI=1S/C20H26N4O/c1-14-3-2-4-17(11-14)23-9-7-16(8-10-23)24-19-12-15(13-21)5-6-18(19)22-20(24)25/h5-6,12,14,16-17H,2-4,7-11H2,1H3,(H,22,25). The largest absolute Gasteiger partial charge is 0.326 e. The number of aromatic amines is 1. The highest BCUT2D eigenvalue weighted by Crippen LogP contribution is 2.32. The predicted octanol–water partition coefficient (Wildman–Crippen LogP) is 3.42. The number of imidazole rings is 1. The Kier molecular flexibility index (Phi) is 4.39. The second-order valence-electron chi connectivity index (χ2n) is 7.84. The maximum Gasteiger partial charge on any atom is 0.326 e. The molecule has 1 aromatic carbocycles. The number of fused-ring (bicyclic) bond motifs is 1. The third-order valence-electron chi connectivity index (χ3n) is 6.14. The molecule has 2 heterocycles. The number of piperidine rings is 1. The molecule has 5 heteroatoms. The van der Waals surface area contributed by atoms with E-state index < -0.39 is 0 Å². The van der Waals surface area contributed by atoms with Gasteiger partial charge >= 0.3 is 5.69 Å². The Morgan fingerprint density at radius 2 is 1.96 bits per heavy atom. The number of nitrogens with zero attached hydrogens (tertiary/aromatic N) is 3. The Bertz CT molecular complexity index is 851. The van der Waals surface area contributed by atoms with Gasteiger partial charge in [0.05, 0.1) is 22.7 Å². The third kappa shape index (κ3) is 3.11. The van der Waals surface area contributed by atoms with Crippen molar-refractivity contribution in [2.75, 3.05) is 13.1 Å². The number of aromatic nitrogens is 2. The van der Waals surface area contributed by atoms with E-state index in [1.165, 1.54) is 25.7 Å². The molecule has 2 fully saturated rings. The van der Waals surface area contributed by atoms with Crippen LogP contribution >= 0.6 is 0 Å². The number of likely N-dealkylation sites (tertiary alicyclic amines) is 1. The minimum absolute atomic E-state index is 0.0465. The van der Waals surface area contributed by atoms with Crippen LogP contribution in [-0.4, -0.2) is 33.6 Å². The first kappa shape index (κ1) is 16.4. The van der Waals surface area contributed by atoms with Crippen LogP contribution in [-0.2, 0) is 0 Å². The number of hydrogen-bond acceptors (Lipinski definition) is 3. The molecule has 0 spiro atoms. The summed E-state index contributed by atoms with van der Waals surface area (Å²) in [6.07, 6.45) is 7.39. The van der Waals surface area contributed by atoms with Crippen molar-refractivity contribution in [3.63, 3.8) is 0 Å². The highest BCUT2D eigenvalue weighted by atomic mass is 16.1. The molecule has 132 valence electrons. The Balaban J connectivity index is 1.53. The Hall–Kier alpha value is -2.06. The lowest BCUT2D eigenvalue weighted by Crippen LogP contribution is -2.44. The van der Waals surface area contributed by atoms with Crippen molar-refractivity contribution < 1.29 is 0 Å². The van der Waals surface area contributed by atoms with Crippen LogP contribution in [0.4, 0.5) is 0 Å². The summed E-state index contributed by atoms with van der Waals surface area (Å²) in [4.78, 5) is 18.1. The van der Waals surface area contributed by atoms with Gasteiger partial charge in [-0.3, -0.25) is 4.57 Å². The van der Waals surface area contributed by atoms with Gasteiger partial charge in [0.25, 0.3) is 0 Å². The van der Waals surface area contributed by atoms with E-state index in [2.05, 4.69) is 22.9 Å². The molecule has 2 aliphatic rings. The van der Waals surface area contributed by atoms with E-state index in [9.17, 15) is 4.79 Å². The van der Waals surface area contributed by atoms with E-state index in [0.29, 0.717) is 5.56 Å². The van der Waals surface area contributed by atoms with Gasteiger partial charge in [-0.1, -0.05) is 19.8 Å². The lowest BCUT2D eigenvalue weighted by atomic mass is 9.85. The highest BCUT2D eigenvalue weighted by Gasteiger charge is 2.29. The quantitative estimate of drug-likeness (QED) is 0.912. The van der Waals surface area contributed by atoms with Gasteiger partial charge in [-0.15, -0.1) is 0 Å². The molecule has 4 rings (SSSR count). The van der Waals surface area contributed by atoms with Crippen LogP contribution in [0.3, 0.4) is 0 Å². The molecule has 0 amide bonds. The van der Waals surface area contributed by atoms with E-state index in [4.69, 9.17) is 5.26 Å². The van der Waals surface area contributed by atoms with Crippen LogP contribution in [0.1, 0.15) is 57.1 Å². The summed E-state index contributed by atoms with van der Waals surface area (Å²) in [5.74, 6) is 0.845. The Labute approximate surface area is 148 Å². The summed E-state index contributed by atoms with van der Waals surface area (Å²) < 4.78 is 1.89. The maximum atomic E-state index is 12.5. The van der Waals surface area contributed by atoms with Gasteiger partial charge < -0.3 is 9.88 Å². The Morgan fingerprint density at radius 1 is 1.16 bits per heavy atom.